The van der Waals surface area contributed by atoms with Crippen LogP contribution < -0.4 is 10.5 Å². The molecule has 0 heterocycles. The number of ether oxygens (including phenoxy) is 1. The lowest BCUT2D eigenvalue weighted by molar-refractivity contribution is 0.475. The molecule has 0 saturated heterocycles. The molecule has 0 bridgehead atoms. The van der Waals surface area contributed by atoms with Gasteiger partial charge in [-0.25, -0.2) is 0 Å². The maximum Gasteiger partial charge on any atom is 0.150 e. The van der Waals surface area contributed by atoms with E-state index < -0.39 is 0 Å². The molecule has 100 valence electrons. The van der Waals surface area contributed by atoms with Crippen LogP contribution in [0, 0.1) is 6.92 Å². The molecule has 2 N–H and O–H groups in total. The van der Waals surface area contributed by atoms with Crippen LogP contribution >= 0.6 is 11.6 Å². The largest absolute Gasteiger partial charge is 0.455 e. The van der Waals surface area contributed by atoms with Crippen LogP contribution in [0.1, 0.15) is 30.9 Å². The third kappa shape index (κ3) is 3.21. The Balaban J connectivity index is 2.39. The second-order valence-electron chi connectivity index (χ2n) is 4.98. The van der Waals surface area contributed by atoms with Gasteiger partial charge in [0.05, 0.1) is 5.69 Å². The number of aryl methyl sites for hydroxylation is 1. The fourth-order valence-corrected chi connectivity index (χ4v) is 2.12. The highest BCUT2D eigenvalue weighted by molar-refractivity contribution is 6.30. The van der Waals surface area contributed by atoms with Crippen LogP contribution in [0.15, 0.2) is 36.4 Å². The Morgan fingerprint density at radius 2 is 1.79 bits per heavy atom. The Bertz CT molecular complexity index is 593. The number of hydrogen-bond donors (Lipinski definition) is 1. The Labute approximate surface area is 119 Å². The number of anilines is 1. The zero-order chi connectivity index (χ0) is 14.0. The van der Waals surface area contributed by atoms with Crippen molar-refractivity contribution in [3.8, 4) is 11.5 Å². The van der Waals surface area contributed by atoms with Gasteiger partial charge in [0.1, 0.15) is 11.5 Å². The molecule has 0 aliphatic rings. The third-order valence-corrected chi connectivity index (χ3v) is 3.22. The summed E-state index contributed by atoms with van der Waals surface area (Å²) in [6.45, 7) is 6.33. The van der Waals surface area contributed by atoms with Crippen LogP contribution in [0.25, 0.3) is 0 Å². The van der Waals surface area contributed by atoms with E-state index >= 15 is 0 Å². The minimum absolute atomic E-state index is 0.393. The van der Waals surface area contributed by atoms with Gasteiger partial charge in [0.25, 0.3) is 0 Å². The van der Waals surface area contributed by atoms with Crippen molar-refractivity contribution in [2.24, 2.45) is 0 Å². The fraction of sp³-hybridized carbons (Fsp3) is 0.250. The Morgan fingerprint density at radius 1 is 1.05 bits per heavy atom. The lowest BCUT2D eigenvalue weighted by Crippen LogP contribution is -1.97. The van der Waals surface area contributed by atoms with Crippen LogP contribution in [0.2, 0.25) is 5.02 Å². The van der Waals surface area contributed by atoms with Crippen molar-refractivity contribution in [1.29, 1.82) is 0 Å². The van der Waals surface area contributed by atoms with Crippen molar-refractivity contribution in [1.82, 2.24) is 0 Å². The smallest absolute Gasteiger partial charge is 0.150 e. The van der Waals surface area contributed by atoms with Gasteiger partial charge in [-0.3, -0.25) is 0 Å². The Morgan fingerprint density at radius 3 is 2.42 bits per heavy atom. The molecule has 2 rings (SSSR count). The number of rotatable bonds is 3. The number of benzene rings is 2. The van der Waals surface area contributed by atoms with E-state index in [0.717, 1.165) is 11.3 Å². The summed E-state index contributed by atoms with van der Waals surface area (Å²) in [5.74, 6) is 1.88. The molecule has 0 aliphatic heterocycles. The molecule has 0 amide bonds. The van der Waals surface area contributed by atoms with Gasteiger partial charge in [-0.1, -0.05) is 37.6 Å². The average Bonchev–Trinajstić information content (AvgIpc) is 2.32. The van der Waals surface area contributed by atoms with Crippen molar-refractivity contribution in [2.45, 2.75) is 26.7 Å². The summed E-state index contributed by atoms with van der Waals surface area (Å²) in [7, 11) is 0. The molecule has 0 aliphatic carbocycles. The average molecular weight is 276 g/mol. The first-order chi connectivity index (χ1) is 8.97. The third-order valence-electron chi connectivity index (χ3n) is 2.98. The number of nitrogen functional groups attached to an aromatic ring is 1. The lowest BCUT2D eigenvalue weighted by atomic mass is 10.0. The summed E-state index contributed by atoms with van der Waals surface area (Å²) in [5.41, 5.74) is 8.79. The standard InChI is InChI=1S/C16H18ClNO/c1-10(2)13-6-4-11(3)8-16(13)19-15-7-5-12(17)9-14(15)18/h4-10H,18H2,1-3H3. The summed E-state index contributed by atoms with van der Waals surface area (Å²) in [4.78, 5) is 0. The first-order valence-electron chi connectivity index (χ1n) is 6.31. The minimum atomic E-state index is 0.393. The molecule has 0 saturated carbocycles. The van der Waals surface area contributed by atoms with Gasteiger partial charge in [-0.15, -0.1) is 0 Å². The predicted molar refractivity (Wildman–Crippen MR) is 81.2 cm³/mol. The second-order valence-corrected chi connectivity index (χ2v) is 5.42. The Hall–Kier alpha value is -1.67. The van der Waals surface area contributed by atoms with Crippen LogP contribution in [-0.4, -0.2) is 0 Å². The van der Waals surface area contributed by atoms with Crippen LogP contribution in [0.3, 0.4) is 0 Å². The topological polar surface area (TPSA) is 35.2 Å². The van der Waals surface area contributed by atoms with Gasteiger partial charge < -0.3 is 10.5 Å². The molecule has 0 radical (unpaired) electrons. The highest BCUT2D eigenvalue weighted by atomic mass is 35.5. The number of halogens is 1. The van der Waals surface area contributed by atoms with E-state index in [1.165, 1.54) is 5.56 Å². The zero-order valence-electron chi connectivity index (χ0n) is 11.4. The van der Waals surface area contributed by atoms with Crippen molar-refractivity contribution < 1.29 is 4.74 Å². The molecule has 2 aromatic rings. The fourth-order valence-electron chi connectivity index (χ4n) is 1.94. The van der Waals surface area contributed by atoms with E-state index in [9.17, 15) is 0 Å². The first kappa shape index (κ1) is 13.8. The number of nitrogens with two attached hydrogens (primary N) is 1. The maximum atomic E-state index is 5.95. The molecular weight excluding hydrogens is 258 g/mol. The second kappa shape index (κ2) is 5.54. The van der Waals surface area contributed by atoms with Crippen molar-refractivity contribution >= 4 is 17.3 Å². The molecule has 0 atom stereocenters. The van der Waals surface area contributed by atoms with E-state index in [1.54, 1.807) is 18.2 Å². The SMILES string of the molecule is Cc1ccc(C(C)C)c(Oc2ccc(Cl)cc2N)c1. The zero-order valence-corrected chi connectivity index (χ0v) is 12.2. The van der Waals surface area contributed by atoms with Crippen LogP contribution in [0.4, 0.5) is 5.69 Å². The van der Waals surface area contributed by atoms with Gasteiger partial charge in [0, 0.05) is 5.02 Å². The first-order valence-corrected chi connectivity index (χ1v) is 6.68. The van der Waals surface area contributed by atoms with Gasteiger partial charge in [0.15, 0.2) is 0 Å². The van der Waals surface area contributed by atoms with Gasteiger partial charge in [-0.05, 0) is 48.2 Å². The van der Waals surface area contributed by atoms with Crippen LogP contribution in [0.5, 0.6) is 11.5 Å². The molecule has 3 heteroatoms. The molecule has 19 heavy (non-hydrogen) atoms. The molecule has 0 aromatic heterocycles. The molecule has 0 spiro atoms. The van der Waals surface area contributed by atoms with Gasteiger partial charge in [0.2, 0.25) is 0 Å². The normalized spacial score (nSPS) is 10.8. The van der Waals surface area contributed by atoms with Crippen molar-refractivity contribution in [3.63, 3.8) is 0 Å². The molecule has 2 aromatic carbocycles. The van der Waals surface area contributed by atoms with E-state index in [0.29, 0.717) is 22.4 Å². The minimum Gasteiger partial charge on any atom is -0.455 e. The van der Waals surface area contributed by atoms with E-state index in [2.05, 4.69) is 26.0 Å². The Kier molecular flexibility index (Phi) is 4.01. The molecule has 0 unspecified atom stereocenters. The summed E-state index contributed by atoms with van der Waals surface area (Å²) in [6, 6.07) is 11.5. The van der Waals surface area contributed by atoms with E-state index in [1.807, 2.05) is 13.0 Å². The molecule has 0 fully saturated rings. The highest BCUT2D eigenvalue weighted by Gasteiger charge is 2.10. The van der Waals surface area contributed by atoms with E-state index in [4.69, 9.17) is 22.1 Å². The molecular formula is C16H18ClNO. The predicted octanol–water partition coefficient (Wildman–Crippen LogP) is 5.15. The van der Waals surface area contributed by atoms with Crippen LogP contribution in [-0.2, 0) is 0 Å². The monoisotopic (exact) mass is 275 g/mol. The van der Waals surface area contributed by atoms with Gasteiger partial charge >= 0.3 is 0 Å². The maximum absolute atomic E-state index is 5.95. The van der Waals surface area contributed by atoms with Crippen molar-refractivity contribution in [3.05, 3.63) is 52.5 Å². The number of hydrogen-bond acceptors (Lipinski definition) is 2. The highest BCUT2D eigenvalue weighted by Crippen LogP contribution is 2.34. The quantitative estimate of drug-likeness (QED) is 0.787. The summed E-state index contributed by atoms with van der Waals surface area (Å²) < 4.78 is 5.95. The lowest BCUT2D eigenvalue weighted by Gasteiger charge is -2.15. The van der Waals surface area contributed by atoms with E-state index in [-0.39, 0.29) is 0 Å². The summed E-state index contributed by atoms with van der Waals surface area (Å²) in [5, 5.41) is 0.609. The van der Waals surface area contributed by atoms with Gasteiger partial charge in [-0.2, -0.15) is 0 Å². The summed E-state index contributed by atoms with van der Waals surface area (Å²) >= 11 is 5.89. The molecule has 2 nitrogen and oxygen atoms in total. The summed E-state index contributed by atoms with van der Waals surface area (Å²) in [6.07, 6.45) is 0. The van der Waals surface area contributed by atoms with Crippen molar-refractivity contribution in [2.75, 3.05) is 5.73 Å².